The molecule has 0 saturated heterocycles. The lowest BCUT2D eigenvalue weighted by Gasteiger charge is -2.14. The highest BCUT2D eigenvalue weighted by Gasteiger charge is 2.12. The number of nitrogens with zero attached hydrogens (tertiary/aromatic N) is 1. The van der Waals surface area contributed by atoms with Gasteiger partial charge in [-0.15, -0.1) is 0 Å². The predicted octanol–water partition coefficient (Wildman–Crippen LogP) is 1.34. The summed E-state index contributed by atoms with van der Waals surface area (Å²) in [5.74, 6) is -1.42. The predicted molar refractivity (Wildman–Crippen MR) is 56.9 cm³/mol. The van der Waals surface area contributed by atoms with Crippen molar-refractivity contribution >= 4 is 12.1 Å². The number of ether oxygens (including phenoxy) is 1. The van der Waals surface area contributed by atoms with Crippen molar-refractivity contribution in [2.75, 3.05) is 13.5 Å². The first-order valence-electron chi connectivity index (χ1n) is 6.01. The summed E-state index contributed by atoms with van der Waals surface area (Å²) in [6, 6.07) is 8.66. The molecule has 5 nitrogen and oxygen atoms in total. The molecule has 16 heavy (non-hydrogen) atoms. The number of amides is 1. The van der Waals surface area contributed by atoms with Crippen LogP contribution in [0.3, 0.4) is 0 Å². The van der Waals surface area contributed by atoms with Gasteiger partial charge in [-0.05, 0) is 5.56 Å². The first kappa shape index (κ1) is 8.15. The number of likely N-dealkylation sites (N-methyl/N-ethyl adjacent to an activating group) is 1. The Hall–Kier alpha value is -2.04. The Morgan fingerprint density at radius 2 is 2.12 bits per heavy atom. The monoisotopic (exact) mass is 226 g/mol. The molecule has 0 aliphatic rings. The Morgan fingerprint density at radius 1 is 1.44 bits per heavy atom. The number of carboxylic acid groups (broad SMARTS) is 1. The van der Waals surface area contributed by atoms with Gasteiger partial charge in [-0.2, -0.15) is 0 Å². The smallest absolute Gasteiger partial charge is 0.410 e. The second-order valence-corrected chi connectivity index (χ2v) is 3.02. The van der Waals surface area contributed by atoms with Crippen molar-refractivity contribution in [3.8, 4) is 0 Å². The highest BCUT2D eigenvalue weighted by Crippen LogP contribution is 2.02. The lowest BCUT2D eigenvalue weighted by Crippen LogP contribution is -2.32. The van der Waals surface area contributed by atoms with Crippen LogP contribution in [0.5, 0.6) is 0 Å². The van der Waals surface area contributed by atoms with Gasteiger partial charge in [-0.25, -0.2) is 4.79 Å². The summed E-state index contributed by atoms with van der Waals surface area (Å²) in [4.78, 5) is 22.3. The highest BCUT2D eigenvalue weighted by molar-refractivity contribution is 5.76. The number of aliphatic carboxylic acids is 1. The fraction of sp³-hybridized carbons (Fsp3) is 0.273. The van der Waals surface area contributed by atoms with E-state index in [2.05, 4.69) is 0 Å². The topological polar surface area (TPSA) is 66.8 Å². The summed E-state index contributed by atoms with van der Waals surface area (Å²) in [7, 11) is 0. The molecule has 0 spiro atoms. The maximum Gasteiger partial charge on any atom is 0.410 e. The Bertz CT molecular complexity index is 447. The molecule has 0 aromatic heterocycles. The molecule has 0 heterocycles. The Labute approximate surface area is 97.5 Å². The van der Waals surface area contributed by atoms with Crippen molar-refractivity contribution in [3.63, 3.8) is 0 Å². The van der Waals surface area contributed by atoms with Crippen LogP contribution in [-0.2, 0) is 16.1 Å². The molecule has 0 bridgehead atoms. The lowest BCUT2D eigenvalue weighted by atomic mass is 10.2. The zero-order valence-corrected chi connectivity index (χ0v) is 8.42. The van der Waals surface area contributed by atoms with Crippen molar-refractivity contribution in [1.29, 1.82) is 0 Å². The Balaban J connectivity index is 2.65. The van der Waals surface area contributed by atoms with Crippen LogP contribution in [0.4, 0.5) is 4.79 Å². The van der Waals surface area contributed by atoms with Gasteiger partial charge >= 0.3 is 12.1 Å². The fourth-order valence-corrected chi connectivity index (χ4v) is 0.997. The molecule has 86 valence electrons. The van der Waals surface area contributed by atoms with Gasteiger partial charge < -0.3 is 14.7 Å². The Kier molecular flexibility index (Phi) is 2.93. The van der Waals surface area contributed by atoms with Gasteiger partial charge in [0.1, 0.15) is 13.2 Å². The van der Waals surface area contributed by atoms with Crippen LogP contribution in [-0.4, -0.2) is 35.6 Å². The van der Waals surface area contributed by atoms with E-state index in [9.17, 15) is 9.59 Å². The summed E-state index contributed by atoms with van der Waals surface area (Å²) in [6.07, 6.45) is -1.19. The lowest BCUT2D eigenvalue weighted by molar-refractivity contribution is -0.137. The number of hydrogen-bond acceptors (Lipinski definition) is 3. The first-order valence-corrected chi connectivity index (χ1v) is 4.51. The normalized spacial score (nSPS) is 13.1. The van der Waals surface area contributed by atoms with Crippen molar-refractivity contribution in [2.45, 2.75) is 6.61 Å². The molecule has 5 heteroatoms. The third-order valence-corrected chi connectivity index (χ3v) is 1.72. The summed E-state index contributed by atoms with van der Waals surface area (Å²) in [5.41, 5.74) is 0.677. The van der Waals surface area contributed by atoms with Crippen molar-refractivity contribution in [3.05, 3.63) is 35.9 Å². The molecular formula is C11H13NO4. The molecule has 0 fully saturated rings. The molecule has 0 aliphatic heterocycles. The van der Waals surface area contributed by atoms with Gasteiger partial charge in [0.2, 0.25) is 0 Å². The molecule has 0 unspecified atom stereocenters. The molecule has 1 aromatic carbocycles. The van der Waals surface area contributed by atoms with Crippen LogP contribution < -0.4 is 0 Å². The molecule has 1 rings (SSSR count). The van der Waals surface area contributed by atoms with Gasteiger partial charge in [-0.1, -0.05) is 30.3 Å². The second-order valence-electron chi connectivity index (χ2n) is 3.02. The summed E-state index contributed by atoms with van der Waals surface area (Å²) < 4.78 is 26.1. The van der Waals surface area contributed by atoms with Crippen molar-refractivity contribution in [1.82, 2.24) is 4.90 Å². The number of carbonyl (C=O) groups is 2. The van der Waals surface area contributed by atoms with E-state index in [1.807, 2.05) is 0 Å². The average molecular weight is 226 g/mol. The standard InChI is InChI=1S/C11H13NO4/c1-12(7-10(13)14)11(15)16-8-9-5-3-2-4-6-9/h2-6H,7-8H2,1H3,(H,13,14)/i1D3. The summed E-state index contributed by atoms with van der Waals surface area (Å²) in [5, 5.41) is 8.58. The number of carboxylic acids is 1. The number of benzene rings is 1. The number of carbonyl (C=O) groups excluding carboxylic acids is 1. The highest BCUT2D eigenvalue weighted by atomic mass is 16.6. The molecule has 1 N–H and O–H groups in total. The van der Waals surface area contributed by atoms with E-state index in [-0.39, 0.29) is 11.5 Å². The van der Waals surface area contributed by atoms with Crippen molar-refractivity contribution in [2.24, 2.45) is 0 Å². The zero-order valence-electron chi connectivity index (χ0n) is 11.4. The second kappa shape index (κ2) is 5.75. The van der Waals surface area contributed by atoms with Crippen LogP contribution in [0, 0.1) is 0 Å². The molecule has 1 amide bonds. The van der Waals surface area contributed by atoms with E-state index < -0.39 is 25.6 Å². The number of rotatable bonds is 4. The molecule has 0 saturated carbocycles. The van der Waals surface area contributed by atoms with E-state index in [4.69, 9.17) is 14.0 Å². The van der Waals surface area contributed by atoms with E-state index in [1.54, 1.807) is 30.3 Å². The molecule has 0 atom stereocenters. The van der Waals surface area contributed by atoms with Crippen LogP contribution in [0.2, 0.25) is 0 Å². The quantitative estimate of drug-likeness (QED) is 0.841. The minimum absolute atomic E-state index is 0.119. The SMILES string of the molecule is [2H]C([2H])([2H])N(CC(=O)O)C(=O)OCc1ccccc1. The van der Waals surface area contributed by atoms with Crippen LogP contribution in [0.1, 0.15) is 9.68 Å². The van der Waals surface area contributed by atoms with E-state index in [0.29, 0.717) is 5.56 Å². The maximum atomic E-state index is 11.6. The number of hydrogen-bond donors (Lipinski definition) is 1. The third-order valence-electron chi connectivity index (χ3n) is 1.72. The van der Waals surface area contributed by atoms with Crippen LogP contribution in [0.15, 0.2) is 30.3 Å². The first-order chi connectivity index (χ1) is 8.80. The summed E-state index contributed by atoms with van der Waals surface area (Å²) in [6.45, 7) is -3.91. The average Bonchev–Trinajstić information content (AvgIpc) is 2.33. The Morgan fingerprint density at radius 3 is 2.69 bits per heavy atom. The fourth-order valence-electron chi connectivity index (χ4n) is 0.997. The zero-order chi connectivity index (χ0) is 14.5. The van der Waals surface area contributed by atoms with Gasteiger partial charge in [-0.3, -0.25) is 4.79 Å². The minimum Gasteiger partial charge on any atom is -0.480 e. The largest absolute Gasteiger partial charge is 0.480 e. The molecule has 1 aromatic rings. The van der Waals surface area contributed by atoms with Gasteiger partial charge in [0.15, 0.2) is 0 Å². The molecule has 0 aliphatic carbocycles. The van der Waals surface area contributed by atoms with Gasteiger partial charge in [0.25, 0.3) is 0 Å². The van der Waals surface area contributed by atoms with E-state index in [1.165, 1.54) is 0 Å². The maximum absolute atomic E-state index is 11.6. The van der Waals surface area contributed by atoms with Gasteiger partial charge in [0.05, 0.1) is 0 Å². The van der Waals surface area contributed by atoms with Gasteiger partial charge in [0, 0.05) is 11.1 Å². The third kappa shape index (κ3) is 4.00. The minimum atomic E-state index is -2.85. The summed E-state index contributed by atoms with van der Waals surface area (Å²) >= 11 is 0. The van der Waals surface area contributed by atoms with E-state index >= 15 is 0 Å². The molecular weight excluding hydrogens is 210 g/mol. The van der Waals surface area contributed by atoms with Crippen LogP contribution in [0.25, 0.3) is 0 Å². The van der Waals surface area contributed by atoms with Crippen molar-refractivity contribution < 1.29 is 23.5 Å². The van der Waals surface area contributed by atoms with Crippen LogP contribution >= 0.6 is 0 Å². The van der Waals surface area contributed by atoms with E-state index in [0.717, 1.165) is 0 Å². The molecule has 0 radical (unpaired) electrons.